The van der Waals surface area contributed by atoms with Gasteiger partial charge in [0.05, 0.1) is 0 Å². The lowest BCUT2D eigenvalue weighted by atomic mass is 10.4. The van der Waals surface area contributed by atoms with Gasteiger partial charge in [0.15, 0.2) is 33.3 Å². The number of rotatable bonds is 13. The van der Waals surface area contributed by atoms with Gasteiger partial charge < -0.3 is 20.6 Å². The Kier molecular flexibility index (Phi) is 44.7. The third-order valence-electron chi connectivity index (χ3n) is 6.06. The highest BCUT2D eigenvalue weighted by Gasteiger charge is 2.51. The fraction of sp³-hybridized carbons (Fsp3) is 0.379. The van der Waals surface area contributed by atoms with Gasteiger partial charge >= 0.3 is 25.7 Å². The first kappa shape index (κ1) is 77.6. The second-order valence-corrected chi connectivity index (χ2v) is 44.2. The Morgan fingerprint density at radius 1 is 0.257 bits per heavy atom. The van der Waals surface area contributed by atoms with Crippen molar-refractivity contribution in [3.8, 4) is 213 Å². The predicted octanol–water partition coefficient (Wildman–Crippen LogP) is 10.2. The van der Waals surface area contributed by atoms with Crippen molar-refractivity contribution in [2.45, 2.75) is 148 Å². The summed E-state index contributed by atoms with van der Waals surface area (Å²) in [7, 11) is -17.8. The van der Waals surface area contributed by atoms with Crippen molar-refractivity contribution in [3.63, 3.8) is 0 Å². The fourth-order valence-electron chi connectivity index (χ4n) is 4.84. The van der Waals surface area contributed by atoms with E-state index in [1.807, 2.05) is 13.1 Å². The minimum atomic E-state index is -3.24. The number of hydrogen-bond donors (Lipinski definition) is 0. The number of hydrogen-bond acceptors (Lipinski definition) is 5. The van der Waals surface area contributed by atoms with Crippen molar-refractivity contribution in [1.29, 1.82) is 0 Å². The van der Waals surface area contributed by atoms with Gasteiger partial charge in [-0.2, -0.15) is 0 Å². The molecule has 0 N–H and O–H groups in total. The van der Waals surface area contributed by atoms with Crippen LogP contribution in [0.3, 0.4) is 0 Å². The van der Waals surface area contributed by atoms with Crippen molar-refractivity contribution >= 4 is 59.0 Å². The van der Waals surface area contributed by atoms with Gasteiger partial charge in [-0.3, -0.25) is 0 Å². The summed E-state index contributed by atoms with van der Waals surface area (Å²) in [5.74, 6) is 81.8. The van der Waals surface area contributed by atoms with Crippen LogP contribution in [0.1, 0.15) is 44.6 Å². The lowest BCUT2D eigenvalue weighted by molar-refractivity contribution is 0.302. The average Bonchev–Trinajstić information content (AvgIpc) is 3.14. The molecule has 3 unspecified atom stereocenters. The van der Waals surface area contributed by atoms with Crippen molar-refractivity contribution in [2.75, 3.05) is 0 Å². The molecule has 0 fully saturated rings. The third kappa shape index (κ3) is 47.9. The van der Waals surface area contributed by atoms with Crippen LogP contribution in [0, 0.1) is 213 Å². The normalized spacial score (nSPS) is 10.6. The van der Waals surface area contributed by atoms with Gasteiger partial charge in [-0.1, -0.05) is 55.6 Å². The first-order valence-electron chi connectivity index (χ1n) is 19.3. The Balaban J connectivity index is -0.00000132. The topological polar surface area (TPSA) is 46.2 Å². The van der Waals surface area contributed by atoms with Crippen LogP contribution in [0.25, 0.3) is 0 Å². The molecule has 0 aliphatic rings. The predicted molar refractivity (Wildman–Crippen MR) is 320 cm³/mol. The number of terminal acetylenes is 2. The lowest BCUT2D eigenvalue weighted by Gasteiger charge is -2.42. The summed E-state index contributed by atoms with van der Waals surface area (Å²) in [6.45, 7) is 29.7. The van der Waals surface area contributed by atoms with Crippen LogP contribution >= 0.6 is 0 Å². The van der Waals surface area contributed by atoms with Crippen molar-refractivity contribution in [1.82, 2.24) is 0 Å². The Hall–Kier alpha value is -6.60. The minimum absolute atomic E-state index is 0. The van der Waals surface area contributed by atoms with E-state index < -0.39 is 59.0 Å². The van der Waals surface area contributed by atoms with Gasteiger partial charge in [-0.25, -0.2) is 0 Å². The van der Waals surface area contributed by atoms with E-state index in [1.54, 1.807) is 0 Å². The van der Waals surface area contributed by atoms with Crippen molar-refractivity contribution in [3.05, 3.63) is 0 Å². The van der Waals surface area contributed by atoms with Gasteiger partial charge in [0.2, 0.25) is 0 Å². The molecule has 0 aliphatic heterocycles. The first-order valence-corrected chi connectivity index (χ1v) is 39.8. The molecule has 70 heavy (non-hydrogen) atoms. The molecule has 0 aromatic heterocycles. The zero-order valence-corrected chi connectivity index (χ0v) is 46.1. The monoisotopic (exact) mass is 1040 g/mol. The maximum atomic E-state index is 7.14. The maximum absolute atomic E-state index is 7.14. The minimum Gasteiger partial charge on any atom is -0.456 e. The molecular weight excluding hydrogens is 973 g/mol. The van der Waals surface area contributed by atoms with Crippen LogP contribution < -0.4 is 0 Å². The summed E-state index contributed by atoms with van der Waals surface area (Å²) in [4.78, 5) is 0. The molecule has 0 rings (SSSR count). The molecule has 0 heterocycles. The van der Waals surface area contributed by atoms with Crippen LogP contribution in [-0.2, 0) is 20.6 Å². The van der Waals surface area contributed by atoms with Gasteiger partial charge in [0, 0.05) is 71.0 Å². The molecule has 0 aromatic carbocycles. The van der Waals surface area contributed by atoms with Crippen LogP contribution in [0.2, 0.25) is 104 Å². The standard InChI is InChI=1S/C52H48O5Si7.6CH4/c1-17-19-21-23-24-25-26-27-28-29-30-31-32-33-34-35-36-37-38-39-40-41-42-43-44-45-46-48-50-63(15,55-60(9,10)11)57-64(16,52-51-61(12,13)53-58(3,4)5)56-62(14,54-59(6,7)8)49-47-22-20-18-2;;;;;;/h1-2H,51-52H2,3-16H3;6*1H4. The molecule has 0 amide bonds. The largest absolute Gasteiger partial charge is 0.456 e. The third-order valence-corrected chi connectivity index (χ3v) is 29.6. The van der Waals surface area contributed by atoms with Gasteiger partial charge in [0.25, 0.3) is 0 Å². The quantitative estimate of drug-likeness (QED) is 0.136. The Morgan fingerprint density at radius 2 is 0.457 bits per heavy atom. The van der Waals surface area contributed by atoms with Gasteiger partial charge in [-0.05, 0) is 222 Å². The summed E-state index contributed by atoms with van der Waals surface area (Å²) >= 11 is 0. The smallest absolute Gasteiger partial charge is 0.402 e. The van der Waals surface area contributed by atoms with E-state index in [1.165, 1.54) is 0 Å². The van der Waals surface area contributed by atoms with Crippen LogP contribution in [-0.4, -0.2) is 59.0 Å². The van der Waals surface area contributed by atoms with Crippen molar-refractivity contribution < 1.29 is 20.6 Å². The molecule has 0 saturated carbocycles. The van der Waals surface area contributed by atoms with E-state index >= 15 is 0 Å². The second kappa shape index (κ2) is 40.3. The lowest BCUT2D eigenvalue weighted by Crippen LogP contribution is -2.61. The summed E-state index contributed by atoms with van der Waals surface area (Å²) in [6, 6.07) is 1.46. The molecule has 3 atom stereocenters. The summed E-state index contributed by atoms with van der Waals surface area (Å²) in [5, 5.41) is 0. The zero-order valence-electron chi connectivity index (χ0n) is 39.1. The molecule has 0 aromatic rings. The Morgan fingerprint density at radius 3 is 0.671 bits per heavy atom. The first-order chi connectivity index (χ1) is 29.9. The summed E-state index contributed by atoms with van der Waals surface area (Å²) in [5.41, 5.74) is 6.50. The van der Waals surface area contributed by atoms with Crippen molar-refractivity contribution in [2.24, 2.45) is 0 Å². The molecule has 362 valence electrons. The van der Waals surface area contributed by atoms with E-state index in [-0.39, 0.29) is 44.6 Å². The SMILES string of the molecule is C.C.C.C.C.C.C#CC#CC#CC#CC#CC#CC#CC#CC#CC#CC#CC#CC#CC#CC#C[Si](C)(O[Si](C)(C)C)O[Si](C)(CC[Si](C)(C)O[Si](C)(C)C)O[Si](C)(C#CC#CC#C)O[Si](C)(C)C. The Labute approximate surface area is 438 Å². The zero-order chi connectivity index (χ0) is 48.5. The van der Waals surface area contributed by atoms with E-state index in [0.717, 1.165) is 6.04 Å². The molecule has 12 heteroatoms. The molecule has 0 aliphatic carbocycles. The molecular formula is C58H72O5Si7. The van der Waals surface area contributed by atoms with E-state index in [2.05, 4.69) is 279 Å². The van der Waals surface area contributed by atoms with Crippen LogP contribution in [0.15, 0.2) is 0 Å². The summed E-state index contributed by atoms with van der Waals surface area (Å²) in [6.07, 6.45) is 10.3. The van der Waals surface area contributed by atoms with Crippen LogP contribution in [0.4, 0.5) is 0 Å². The summed E-state index contributed by atoms with van der Waals surface area (Å²) < 4.78 is 34.4. The molecule has 0 saturated heterocycles. The maximum Gasteiger partial charge on any atom is 0.402 e. The second-order valence-electron chi connectivity index (χ2n) is 16.4. The van der Waals surface area contributed by atoms with Crippen LogP contribution in [0.5, 0.6) is 0 Å². The fourth-order valence-corrected chi connectivity index (χ4v) is 35.9. The van der Waals surface area contributed by atoms with Gasteiger partial charge in [-0.15, -0.1) is 12.8 Å². The Bertz CT molecular complexity index is 2930. The molecule has 0 bridgehead atoms. The average molecular weight is 1050 g/mol. The van der Waals surface area contributed by atoms with E-state index in [9.17, 15) is 0 Å². The molecule has 5 nitrogen and oxygen atoms in total. The highest BCUT2D eigenvalue weighted by Crippen LogP contribution is 2.32. The molecule has 0 spiro atoms. The van der Waals surface area contributed by atoms with E-state index in [4.69, 9.17) is 33.4 Å². The van der Waals surface area contributed by atoms with E-state index in [0.29, 0.717) is 6.04 Å². The highest BCUT2D eigenvalue weighted by molar-refractivity contribution is 6.95. The highest BCUT2D eigenvalue weighted by atomic mass is 28.5. The van der Waals surface area contributed by atoms with Gasteiger partial charge in [0.1, 0.15) is 0 Å². The molecule has 0 radical (unpaired) electrons.